The minimum absolute atomic E-state index is 0.0536. The monoisotopic (exact) mass is 355 g/mol. The van der Waals surface area contributed by atoms with E-state index < -0.39 is 6.10 Å². The third-order valence-corrected chi connectivity index (χ3v) is 5.45. The molecule has 1 aliphatic carbocycles. The second-order valence-corrected chi connectivity index (χ2v) is 7.48. The topological polar surface area (TPSA) is 38.3 Å². The number of rotatable bonds is 7. The van der Waals surface area contributed by atoms with Gasteiger partial charge in [-0.05, 0) is 61.9 Å². The maximum atomic E-state index is 12.3. The molecule has 2 aromatic carbocycles. The van der Waals surface area contributed by atoms with Crippen LogP contribution in [0.4, 0.5) is 0 Å². The van der Waals surface area contributed by atoms with E-state index >= 15 is 0 Å². The predicted molar refractivity (Wildman–Crippen MR) is 103 cm³/mol. The molecule has 1 aliphatic rings. The maximum Gasteiger partial charge on any atom is 0.260 e. The summed E-state index contributed by atoms with van der Waals surface area (Å²) in [6, 6.07) is 16.4. The molecule has 1 unspecified atom stereocenters. The Morgan fingerprint density at radius 2 is 1.92 bits per heavy atom. The summed E-state index contributed by atoms with van der Waals surface area (Å²) in [7, 11) is 0. The molecule has 0 spiro atoms. The van der Waals surface area contributed by atoms with E-state index in [0.717, 1.165) is 24.3 Å². The van der Waals surface area contributed by atoms with Gasteiger partial charge in [0.15, 0.2) is 6.10 Å². The van der Waals surface area contributed by atoms with Crippen molar-refractivity contribution in [3.63, 3.8) is 0 Å². The molecule has 0 radical (unpaired) electrons. The normalized spacial score (nSPS) is 14.4. The fourth-order valence-electron chi connectivity index (χ4n) is 3.10. The number of carbonyl (C=O) groups excluding carboxylic acids is 1. The number of hydrogen-bond donors (Lipinski definition) is 1. The van der Waals surface area contributed by atoms with Gasteiger partial charge in [-0.25, -0.2) is 0 Å². The zero-order chi connectivity index (χ0) is 17.5. The number of fused-ring (bicyclic) bond motifs is 1. The Hall–Kier alpha value is -1.94. The van der Waals surface area contributed by atoms with Crippen LogP contribution in [0.3, 0.4) is 0 Å². The lowest BCUT2D eigenvalue weighted by molar-refractivity contribution is -0.127. The minimum Gasteiger partial charge on any atom is -0.481 e. The van der Waals surface area contributed by atoms with Gasteiger partial charge in [0.2, 0.25) is 0 Å². The second-order valence-electron chi connectivity index (χ2n) is 6.31. The fraction of sp³-hybridized carbons (Fsp3) is 0.381. The van der Waals surface area contributed by atoms with Gasteiger partial charge < -0.3 is 10.1 Å². The van der Waals surface area contributed by atoms with Crippen LogP contribution in [0, 0.1) is 0 Å². The first-order valence-corrected chi connectivity index (χ1v) is 9.95. The highest BCUT2D eigenvalue weighted by Crippen LogP contribution is 2.30. The van der Waals surface area contributed by atoms with Crippen molar-refractivity contribution < 1.29 is 9.53 Å². The average molecular weight is 356 g/mol. The van der Waals surface area contributed by atoms with Gasteiger partial charge in [0.05, 0.1) is 0 Å². The number of benzene rings is 2. The van der Waals surface area contributed by atoms with Crippen LogP contribution in [0.2, 0.25) is 0 Å². The number of ether oxygens (including phenoxy) is 1. The molecule has 1 N–H and O–H groups in total. The summed E-state index contributed by atoms with van der Waals surface area (Å²) in [6.07, 6.45) is 4.13. The van der Waals surface area contributed by atoms with Crippen molar-refractivity contribution in [1.29, 1.82) is 0 Å². The Morgan fingerprint density at radius 3 is 2.76 bits per heavy atom. The van der Waals surface area contributed by atoms with Crippen LogP contribution < -0.4 is 10.1 Å². The van der Waals surface area contributed by atoms with Gasteiger partial charge in [-0.15, -0.1) is 11.8 Å². The summed E-state index contributed by atoms with van der Waals surface area (Å²) in [5, 5.41) is 2.97. The number of aryl methyl sites for hydroxylation is 1. The molecule has 1 amide bonds. The smallest absolute Gasteiger partial charge is 0.260 e. The van der Waals surface area contributed by atoms with Gasteiger partial charge in [-0.2, -0.15) is 0 Å². The summed E-state index contributed by atoms with van der Waals surface area (Å²) in [6.45, 7) is 2.46. The van der Waals surface area contributed by atoms with Gasteiger partial charge in [-0.1, -0.05) is 30.3 Å². The molecule has 1 atom stereocenters. The van der Waals surface area contributed by atoms with E-state index in [4.69, 9.17) is 4.74 Å². The van der Waals surface area contributed by atoms with Crippen LogP contribution in [0.15, 0.2) is 53.4 Å². The van der Waals surface area contributed by atoms with Crippen molar-refractivity contribution in [1.82, 2.24) is 5.32 Å². The van der Waals surface area contributed by atoms with Crippen LogP contribution in [0.25, 0.3) is 0 Å². The van der Waals surface area contributed by atoms with Crippen molar-refractivity contribution in [2.75, 3.05) is 12.3 Å². The zero-order valence-electron chi connectivity index (χ0n) is 14.7. The average Bonchev–Trinajstić information content (AvgIpc) is 2.66. The Balaban J connectivity index is 1.46. The largest absolute Gasteiger partial charge is 0.481 e. The Labute approximate surface area is 154 Å². The number of carbonyl (C=O) groups is 1. The van der Waals surface area contributed by atoms with Gasteiger partial charge in [0.25, 0.3) is 5.91 Å². The van der Waals surface area contributed by atoms with Gasteiger partial charge in [-0.3, -0.25) is 4.79 Å². The van der Waals surface area contributed by atoms with Gasteiger partial charge in [0.1, 0.15) is 5.75 Å². The first-order valence-electron chi connectivity index (χ1n) is 8.97. The lowest BCUT2D eigenvalue weighted by Gasteiger charge is -2.22. The van der Waals surface area contributed by atoms with Crippen LogP contribution >= 0.6 is 11.8 Å². The molecule has 3 nitrogen and oxygen atoms in total. The summed E-state index contributed by atoms with van der Waals surface area (Å²) < 4.78 is 5.97. The van der Waals surface area contributed by atoms with E-state index in [9.17, 15) is 4.79 Å². The third-order valence-electron chi connectivity index (χ3n) is 4.44. The van der Waals surface area contributed by atoms with Crippen LogP contribution in [0.1, 0.15) is 30.9 Å². The second kappa shape index (κ2) is 8.95. The van der Waals surface area contributed by atoms with Crippen molar-refractivity contribution >= 4 is 17.7 Å². The Bertz CT molecular complexity index is 702. The Kier molecular flexibility index (Phi) is 6.40. The lowest BCUT2D eigenvalue weighted by atomic mass is 9.91. The van der Waals surface area contributed by atoms with Crippen LogP contribution in [0.5, 0.6) is 5.75 Å². The molecule has 0 heterocycles. The van der Waals surface area contributed by atoms with E-state index in [0.29, 0.717) is 6.54 Å². The Morgan fingerprint density at radius 1 is 1.12 bits per heavy atom. The molecule has 25 heavy (non-hydrogen) atoms. The van der Waals surface area contributed by atoms with Gasteiger partial charge >= 0.3 is 0 Å². The first kappa shape index (κ1) is 17.9. The van der Waals surface area contributed by atoms with Crippen molar-refractivity contribution in [2.24, 2.45) is 0 Å². The highest BCUT2D eigenvalue weighted by Gasteiger charge is 2.19. The van der Waals surface area contributed by atoms with E-state index in [1.54, 1.807) is 11.8 Å². The molecule has 2 aromatic rings. The van der Waals surface area contributed by atoms with Crippen molar-refractivity contribution in [3.8, 4) is 5.75 Å². The summed E-state index contributed by atoms with van der Waals surface area (Å²) in [4.78, 5) is 13.5. The highest BCUT2D eigenvalue weighted by atomic mass is 32.2. The molecule has 3 rings (SSSR count). The molecule has 0 aliphatic heterocycles. The van der Waals surface area contributed by atoms with E-state index in [-0.39, 0.29) is 5.91 Å². The number of thioether (sulfide) groups is 1. The highest BCUT2D eigenvalue weighted by molar-refractivity contribution is 7.99. The van der Waals surface area contributed by atoms with E-state index in [2.05, 4.69) is 23.5 Å². The molecule has 0 fully saturated rings. The van der Waals surface area contributed by atoms with Crippen LogP contribution in [-0.4, -0.2) is 24.3 Å². The molecular formula is C21H25NO2S. The number of nitrogens with one attached hydrogen (secondary N) is 1. The summed E-state index contributed by atoms with van der Waals surface area (Å²) >= 11 is 1.74. The molecule has 0 saturated carbocycles. The van der Waals surface area contributed by atoms with E-state index in [1.807, 2.05) is 37.3 Å². The molecule has 4 heteroatoms. The fourth-order valence-corrected chi connectivity index (χ4v) is 3.89. The number of hydrogen-bond acceptors (Lipinski definition) is 3. The van der Waals surface area contributed by atoms with E-state index in [1.165, 1.54) is 28.9 Å². The van der Waals surface area contributed by atoms with Crippen LogP contribution in [-0.2, 0) is 17.6 Å². The summed E-state index contributed by atoms with van der Waals surface area (Å²) in [5.41, 5.74) is 2.66. The molecule has 0 saturated heterocycles. The molecular weight excluding hydrogens is 330 g/mol. The SMILES string of the molecule is CC(Oc1cccc2c1CCCC2)C(=O)NCCSc1ccccc1. The van der Waals surface area contributed by atoms with Gasteiger partial charge in [0, 0.05) is 17.2 Å². The molecule has 132 valence electrons. The standard InChI is InChI=1S/C21H25NO2S/c1-16(21(23)22-14-15-25-18-10-3-2-4-11-18)24-20-13-7-9-17-8-5-6-12-19(17)20/h2-4,7,9-11,13,16H,5-6,8,12,14-15H2,1H3,(H,22,23). The predicted octanol–water partition coefficient (Wildman–Crippen LogP) is 4.24. The molecule has 0 aromatic heterocycles. The lowest BCUT2D eigenvalue weighted by Crippen LogP contribution is -2.37. The first-order chi connectivity index (χ1) is 12.2. The number of amides is 1. The van der Waals surface area contributed by atoms with Crippen molar-refractivity contribution in [3.05, 3.63) is 59.7 Å². The molecule has 0 bridgehead atoms. The quantitative estimate of drug-likeness (QED) is 0.596. The summed E-state index contributed by atoms with van der Waals surface area (Å²) in [5.74, 6) is 1.67. The minimum atomic E-state index is -0.477. The third kappa shape index (κ3) is 5.02. The maximum absolute atomic E-state index is 12.3. The van der Waals surface area contributed by atoms with Crippen molar-refractivity contribution in [2.45, 2.75) is 43.6 Å². The zero-order valence-corrected chi connectivity index (χ0v) is 15.5.